The number of ether oxygens (including phenoxy) is 1. The second-order valence-electron chi connectivity index (χ2n) is 4.69. The summed E-state index contributed by atoms with van der Waals surface area (Å²) in [6, 6.07) is 9.36. The van der Waals surface area contributed by atoms with Crippen LogP contribution in [0.4, 0.5) is 0 Å². The number of rotatable bonds is 7. The molecule has 0 fully saturated rings. The molecule has 108 valence electrons. The molecular formula is C15H19ClN2O2. The third-order valence-corrected chi connectivity index (χ3v) is 3.14. The van der Waals surface area contributed by atoms with E-state index in [4.69, 9.17) is 21.6 Å². The zero-order chi connectivity index (χ0) is 15.0. The summed E-state index contributed by atoms with van der Waals surface area (Å²) in [5.74, 6) is 0.506. The minimum Gasteiger partial charge on any atom is -0.492 e. The third-order valence-electron chi connectivity index (χ3n) is 2.82. The number of hydrogen-bond donors (Lipinski definition) is 0. The van der Waals surface area contributed by atoms with Crippen molar-refractivity contribution in [3.05, 3.63) is 29.3 Å². The number of hydrogen-bond acceptors (Lipinski definition) is 3. The molecule has 5 heteroatoms. The summed E-state index contributed by atoms with van der Waals surface area (Å²) in [7, 11) is 1.71. The number of nitrogens with zero attached hydrogens (tertiary/aromatic N) is 2. The normalized spacial score (nSPS) is 11.5. The first kappa shape index (κ1) is 16.3. The van der Waals surface area contributed by atoms with E-state index < -0.39 is 0 Å². The number of para-hydroxylation sites is 1. The lowest BCUT2D eigenvalue weighted by Gasteiger charge is -2.18. The van der Waals surface area contributed by atoms with Gasteiger partial charge in [0.05, 0.1) is 23.6 Å². The first-order chi connectivity index (χ1) is 9.54. The summed E-state index contributed by atoms with van der Waals surface area (Å²) in [4.78, 5) is 13.4. The van der Waals surface area contributed by atoms with Crippen LogP contribution in [-0.4, -0.2) is 31.0 Å². The average molecular weight is 295 g/mol. The van der Waals surface area contributed by atoms with Crippen LogP contribution in [0.5, 0.6) is 5.75 Å². The summed E-state index contributed by atoms with van der Waals surface area (Å²) in [5.41, 5.74) is 0. The molecule has 0 spiro atoms. The van der Waals surface area contributed by atoms with Crippen LogP contribution < -0.4 is 4.74 Å². The Morgan fingerprint density at radius 3 is 2.85 bits per heavy atom. The monoisotopic (exact) mass is 294 g/mol. The molecule has 0 radical (unpaired) electrons. The predicted octanol–water partition coefficient (Wildman–Crippen LogP) is 3.12. The smallest absolute Gasteiger partial charge is 0.222 e. The van der Waals surface area contributed by atoms with Crippen molar-refractivity contribution < 1.29 is 9.53 Å². The molecule has 0 aromatic heterocycles. The number of amides is 1. The zero-order valence-electron chi connectivity index (χ0n) is 11.8. The van der Waals surface area contributed by atoms with Crippen LogP contribution >= 0.6 is 11.6 Å². The molecule has 1 amide bonds. The highest BCUT2D eigenvalue weighted by Crippen LogP contribution is 2.23. The van der Waals surface area contributed by atoms with Gasteiger partial charge in [0.2, 0.25) is 5.91 Å². The Labute approximate surface area is 124 Å². The van der Waals surface area contributed by atoms with Gasteiger partial charge in [0.1, 0.15) is 5.75 Å². The van der Waals surface area contributed by atoms with E-state index in [0.717, 1.165) is 0 Å². The molecule has 0 N–H and O–H groups in total. The molecule has 0 unspecified atom stereocenters. The Balaban J connectivity index is 2.26. The summed E-state index contributed by atoms with van der Waals surface area (Å²) in [5, 5.41) is 9.28. The van der Waals surface area contributed by atoms with E-state index in [1.807, 2.05) is 12.1 Å². The maximum absolute atomic E-state index is 11.8. The molecule has 0 aliphatic rings. The fourth-order valence-electron chi connectivity index (χ4n) is 1.71. The van der Waals surface area contributed by atoms with Gasteiger partial charge in [-0.3, -0.25) is 4.79 Å². The highest BCUT2D eigenvalue weighted by Gasteiger charge is 2.11. The second-order valence-corrected chi connectivity index (χ2v) is 5.09. The molecule has 0 aliphatic carbocycles. The second kappa shape index (κ2) is 8.44. The molecule has 1 rings (SSSR count). The highest BCUT2D eigenvalue weighted by molar-refractivity contribution is 6.32. The van der Waals surface area contributed by atoms with Gasteiger partial charge in [0.15, 0.2) is 0 Å². The molecule has 0 heterocycles. The summed E-state index contributed by atoms with van der Waals surface area (Å²) in [6.45, 7) is 2.70. The van der Waals surface area contributed by atoms with Gasteiger partial charge in [-0.2, -0.15) is 5.26 Å². The van der Waals surface area contributed by atoms with Gasteiger partial charge in [0, 0.05) is 20.0 Å². The minimum absolute atomic E-state index is 0.0230. The van der Waals surface area contributed by atoms with Crippen LogP contribution in [0.25, 0.3) is 0 Å². The fraction of sp³-hybridized carbons (Fsp3) is 0.467. The van der Waals surface area contributed by atoms with Crippen molar-refractivity contribution >= 4 is 17.5 Å². The number of halogens is 1. The quantitative estimate of drug-likeness (QED) is 0.726. The minimum atomic E-state index is -0.150. The van der Waals surface area contributed by atoms with Crippen molar-refractivity contribution in [1.82, 2.24) is 4.90 Å². The van der Waals surface area contributed by atoms with E-state index in [9.17, 15) is 4.79 Å². The van der Waals surface area contributed by atoms with Gasteiger partial charge >= 0.3 is 0 Å². The maximum atomic E-state index is 11.8. The topological polar surface area (TPSA) is 53.3 Å². The number of nitriles is 1. The number of carbonyl (C=O) groups excluding carboxylic acids is 1. The van der Waals surface area contributed by atoms with E-state index in [1.165, 1.54) is 0 Å². The van der Waals surface area contributed by atoms with Crippen molar-refractivity contribution in [3.63, 3.8) is 0 Å². The van der Waals surface area contributed by atoms with Crippen LogP contribution in [0.2, 0.25) is 5.02 Å². The standard InChI is InChI=1S/C15H19ClN2O2/c1-12(10-17)11-18(2)15(19)8-5-9-20-14-7-4-3-6-13(14)16/h3-4,6-7,12H,5,8-9,11H2,1-2H3/t12-/m0/s1. The molecule has 0 saturated carbocycles. The lowest BCUT2D eigenvalue weighted by atomic mass is 10.2. The molecule has 20 heavy (non-hydrogen) atoms. The van der Waals surface area contributed by atoms with E-state index in [1.54, 1.807) is 31.0 Å². The Kier molecular flexibility index (Phi) is 6.89. The first-order valence-electron chi connectivity index (χ1n) is 6.55. The van der Waals surface area contributed by atoms with Gasteiger partial charge in [-0.1, -0.05) is 23.7 Å². The number of carbonyl (C=O) groups is 1. The molecule has 4 nitrogen and oxygen atoms in total. The van der Waals surface area contributed by atoms with Crippen LogP contribution in [0.1, 0.15) is 19.8 Å². The Hall–Kier alpha value is -1.73. The molecule has 1 atom stereocenters. The number of benzene rings is 1. The van der Waals surface area contributed by atoms with E-state index >= 15 is 0 Å². The largest absolute Gasteiger partial charge is 0.492 e. The van der Waals surface area contributed by atoms with Crippen molar-refractivity contribution in [2.75, 3.05) is 20.2 Å². The van der Waals surface area contributed by atoms with Gasteiger partial charge in [-0.25, -0.2) is 0 Å². The van der Waals surface area contributed by atoms with Crippen molar-refractivity contribution in [2.24, 2.45) is 5.92 Å². The predicted molar refractivity (Wildman–Crippen MR) is 78.6 cm³/mol. The fourth-order valence-corrected chi connectivity index (χ4v) is 1.90. The molecule has 0 bridgehead atoms. The molecule has 0 saturated heterocycles. The zero-order valence-corrected chi connectivity index (χ0v) is 12.6. The SMILES string of the molecule is C[C@@H](C#N)CN(C)C(=O)CCCOc1ccccc1Cl. The van der Waals surface area contributed by atoms with Gasteiger partial charge in [-0.15, -0.1) is 0 Å². The molecular weight excluding hydrogens is 276 g/mol. The third kappa shape index (κ3) is 5.50. The van der Waals surface area contributed by atoms with Crippen LogP contribution in [0.3, 0.4) is 0 Å². The lowest BCUT2D eigenvalue weighted by molar-refractivity contribution is -0.130. The van der Waals surface area contributed by atoms with Crippen molar-refractivity contribution in [1.29, 1.82) is 5.26 Å². The van der Waals surface area contributed by atoms with Crippen LogP contribution in [0.15, 0.2) is 24.3 Å². The maximum Gasteiger partial charge on any atom is 0.222 e. The van der Waals surface area contributed by atoms with Gasteiger partial charge in [-0.05, 0) is 25.5 Å². The molecule has 0 aliphatic heterocycles. The Morgan fingerprint density at radius 1 is 1.50 bits per heavy atom. The van der Waals surface area contributed by atoms with Crippen LogP contribution in [-0.2, 0) is 4.79 Å². The van der Waals surface area contributed by atoms with Crippen LogP contribution in [0, 0.1) is 17.2 Å². The van der Waals surface area contributed by atoms with Crippen molar-refractivity contribution in [3.8, 4) is 11.8 Å². The van der Waals surface area contributed by atoms with Gasteiger partial charge in [0.25, 0.3) is 0 Å². The average Bonchev–Trinajstić information content (AvgIpc) is 2.44. The molecule has 1 aromatic carbocycles. The Morgan fingerprint density at radius 2 is 2.20 bits per heavy atom. The van der Waals surface area contributed by atoms with E-state index in [0.29, 0.717) is 36.8 Å². The van der Waals surface area contributed by atoms with Gasteiger partial charge < -0.3 is 9.64 Å². The van der Waals surface area contributed by atoms with Crippen molar-refractivity contribution in [2.45, 2.75) is 19.8 Å². The van der Waals surface area contributed by atoms with E-state index in [-0.39, 0.29) is 11.8 Å². The summed E-state index contributed by atoms with van der Waals surface area (Å²) in [6.07, 6.45) is 1.02. The first-order valence-corrected chi connectivity index (χ1v) is 6.93. The lowest BCUT2D eigenvalue weighted by Crippen LogP contribution is -2.30. The highest BCUT2D eigenvalue weighted by atomic mass is 35.5. The van der Waals surface area contributed by atoms with E-state index in [2.05, 4.69) is 6.07 Å². The summed E-state index contributed by atoms with van der Waals surface area (Å²) < 4.78 is 5.51. The molecule has 1 aromatic rings. The summed E-state index contributed by atoms with van der Waals surface area (Å²) >= 11 is 5.96. The Bertz CT molecular complexity index is 485.